The van der Waals surface area contributed by atoms with Crippen molar-refractivity contribution in [3.05, 3.63) is 56.2 Å². The molecule has 2 aromatic heterocycles. The Balaban J connectivity index is 1.93. The number of thioether (sulfide) groups is 1. The second-order valence-electron chi connectivity index (χ2n) is 7.22. The van der Waals surface area contributed by atoms with Crippen molar-refractivity contribution in [2.24, 2.45) is 7.05 Å². The van der Waals surface area contributed by atoms with Crippen molar-refractivity contribution in [3.8, 4) is 0 Å². The number of aromatic amines is 1. The van der Waals surface area contributed by atoms with Crippen molar-refractivity contribution in [2.45, 2.75) is 57.7 Å². The molecule has 0 amide bonds. The van der Waals surface area contributed by atoms with Crippen LogP contribution < -0.4 is 11.2 Å². The third-order valence-electron chi connectivity index (χ3n) is 4.91. The lowest BCUT2D eigenvalue weighted by Crippen LogP contribution is -2.29. The number of fused-ring (bicyclic) bond motifs is 1. The summed E-state index contributed by atoms with van der Waals surface area (Å²) in [6, 6.07) is 8.26. The van der Waals surface area contributed by atoms with Crippen molar-refractivity contribution in [1.29, 1.82) is 0 Å². The average molecular weight is 401 g/mol. The van der Waals surface area contributed by atoms with Gasteiger partial charge in [-0.1, -0.05) is 74.2 Å². The summed E-state index contributed by atoms with van der Waals surface area (Å²) in [4.78, 5) is 31.6. The zero-order chi connectivity index (χ0) is 20.1. The summed E-state index contributed by atoms with van der Waals surface area (Å²) in [5, 5.41) is 0.790. The maximum Gasteiger partial charge on any atom is 0.329 e. The van der Waals surface area contributed by atoms with E-state index in [1.807, 2.05) is 4.57 Å². The molecule has 1 aromatic carbocycles. The number of rotatable bonds is 9. The Kier molecular flexibility index (Phi) is 6.78. The van der Waals surface area contributed by atoms with E-state index in [-0.39, 0.29) is 5.56 Å². The number of benzene rings is 1. The van der Waals surface area contributed by atoms with E-state index in [1.165, 1.54) is 35.8 Å². The zero-order valence-electron chi connectivity index (χ0n) is 16.8. The molecule has 0 aliphatic heterocycles. The van der Waals surface area contributed by atoms with Crippen LogP contribution in [0.5, 0.6) is 0 Å². The van der Waals surface area contributed by atoms with E-state index in [9.17, 15) is 9.59 Å². The molecule has 0 spiro atoms. The molecular formula is C21H28N4O2S. The number of nitrogens with one attached hydrogen (secondary N) is 1. The highest BCUT2D eigenvalue weighted by atomic mass is 32.2. The third kappa shape index (κ3) is 4.58. The summed E-state index contributed by atoms with van der Waals surface area (Å²) in [5.41, 5.74) is 2.37. The molecular weight excluding hydrogens is 372 g/mol. The van der Waals surface area contributed by atoms with Gasteiger partial charge in [-0.05, 0) is 18.9 Å². The summed E-state index contributed by atoms with van der Waals surface area (Å²) in [6.07, 6.45) is 6.08. The minimum Gasteiger partial charge on any atom is -0.309 e. The van der Waals surface area contributed by atoms with Gasteiger partial charge < -0.3 is 4.57 Å². The Morgan fingerprint density at radius 2 is 1.79 bits per heavy atom. The number of H-pyrrole nitrogens is 1. The lowest BCUT2D eigenvalue weighted by molar-refractivity contribution is 0.658. The molecule has 0 unspecified atom stereocenters. The van der Waals surface area contributed by atoms with Crippen molar-refractivity contribution in [2.75, 3.05) is 5.75 Å². The van der Waals surface area contributed by atoms with Crippen molar-refractivity contribution in [1.82, 2.24) is 19.1 Å². The first-order valence-corrected chi connectivity index (χ1v) is 10.9. The second-order valence-corrected chi connectivity index (χ2v) is 8.28. The summed E-state index contributed by atoms with van der Waals surface area (Å²) in [7, 11) is 1.64. The number of hydrogen-bond acceptors (Lipinski definition) is 4. The minimum atomic E-state index is -0.436. The fraction of sp³-hybridized carbons (Fsp3) is 0.476. The van der Waals surface area contributed by atoms with Gasteiger partial charge in [-0.15, -0.1) is 0 Å². The smallest absolute Gasteiger partial charge is 0.309 e. The lowest BCUT2D eigenvalue weighted by Gasteiger charge is -2.09. The normalized spacial score (nSPS) is 11.4. The maximum atomic E-state index is 12.5. The Bertz CT molecular complexity index is 1050. The number of hydrogen-bond donors (Lipinski definition) is 1. The average Bonchev–Trinajstić information content (AvgIpc) is 3.03. The van der Waals surface area contributed by atoms with Crippen LogP contribution in [0.2, 0.25) is 0 Å². The molecule has 0 atom stereocenters. The number of nitrogens with zero attached hydrogens (tertiary/aromatic N) is 3. The predicted molar refractivity (Wildman–Crippen MR) is 115 cm³/mol. The molecule has 0 saturated carbocycles. The molecule has 2 heterocycles. The number of imidazole rings is 1. The Hall–Kier alpha value is -2.28. The topological polar surface area (TPSA) is 72.7 Å². The van der Waals surface area contributed by atoms with Gasteiger partial charge in [-0.3, -0.25) is 14.3 Å². The number of aryl methyl sites for hydroxylation is 2. The van der Waals surface area contributed by atoms with E-state index < -0.39 is 5.69 Å². The first kappa shape index (κ1) is 20.5. The van der Waals surface area contributed by atoms with Crippen molar-refractivity contribution in [3.63, 3.8) is 0 Å². The fourth-order valence-electron chi connectivity index (χ4n) is 3.22. The molecule has 1 N–H and O–H groups in total. The van der Waals surface area contributed by atoms with Gasteiger partial charge in [0.05, 0.1) is 6.54 Å². The van der Waals surface area contributed by atoms with E-state index in [1.54, 1.807) is 18.8 Å². The lowest BCUT2D eigenvalue weighted by atomic mass is 10.1. The molecule has 0 radical (unpaired) electrons. The molecule has 3 aromatic rings. The minimum absolute atomic E-state index is 0.382. The highest BCUT2D eigenvalue weighted by molar-refractivity contribution is 7.99. The molecule has 0 bridgehead atoms. The molecule has 0 aliphatic rings. The van der Waals surface area contributed by atoms with Gasteiger partial charge in [-0.2, -0.15) is 0 Å². The fourth-order valence-corrected chi connectivity index (χ4v) is 4.21. The highest BCUT2D eigenvalue weighted by Crippen LogP contribution is 2.24. The van der Waals surface area contributed by atoms with E-state index in [0.717, 1.165) is 22.9 Å². The first-order chi connectivity index (χ1) is 13.5. The summed E-state index contributed by atoms with van der Waals surface area (Å²) in [5.74, 6) is 0.951. The van der Waals surface area contributed by atoms with Crippen LogP contribution in [-0.4, -0.2) is 24.9 Å². The van der Waals surface area contributed by atoms with Gasteiger partial charge in [0.1, 0.15) is 0 Å². The van der Waals surface area contributed by atoms with Crippen LogP contribution in [0.1, 0.15) is 50.2 Å². The van der Waals surface area contributed by atoms with Gasteiger partial charge in [0, 0.05) is 12.8 Å². The van der Waals surface area contributed by atoms with Crippen LogP contribution in [0.4, 0.5) is 0 Å². The monoisotopic (exact) mass is 400 g/mol. The molecule has 7 heteroatoms. The van der Waals surface area contributed by atoms with E-state index in [0.29, 0.717) is 17.7 Å². The molecule has 0 aliphatic carbocycles. The molecule has 6 nitrogen and oxygen atoms in total. The standard InChI is InChI=1S/C21H28N4O2S/c1-4-5-6-7-8-13-28-21-22-18-17(19(26)23-20(27)24(18)3)25(21)14-16-11-9-15(2)10-12-16/h9-12H,4-8,13-14H2,1-3H3,(H,23,26,27). The largest absolute Gasteiger partial charge is 0.329 e. The van der Waals surface area contributed by atoms with E-state index in [2.05, 4.69) is 48.1 Å². The van der Waals surface area contributed by atoms with Crippen molar-refractivity contribution >= 4 is 22.9 Å². The Morgan fingerprint density at radius 3 is 2.50 bits per heavy atom. The SMILES string of the molecule is CCCCCCCSc1nc2c(c(=O)[nH]c(=O)n2C)n1Cc1ccc(C)cc1. The predicted octanol–water partition coefficient (Wildman–Crippen LogP) is 3.84. The van der Waals surface area contributed by atoms with Crippen LogP contribution in [-0.2, 0) is 13.6 Å². The second kappa shape index (κ2) is 9.28. The van der Waals surface area contributed by atoms with Gasteiger partial charge in [0.15, 0.2) is 16.3 Å². The van der Waals surface area contributed by atoms with Crippen molar-refractivity contribution < 1.29 is 0 Å². The maximum absolute atomic E-state index is 12.5. The van der Waals surface area contributed by atoms with Crippen LogP contribution in [0.3, 0.4) is 0 Å². The van der Waals surface area contributed by atoms with Gasteiger partial charge in [0.25, 0.3) is 5.56 Å². The summed E-state index contributed by atoms with van der Waals surface area (Å²) >= 11 is 1.66. The van der Waals surface area contributed by atoms with Crippen LogP contribution in [0.25, 0.3) is 11.2 Å². The third-order valence-corrected chi connectivity index (χ3v) is 5.98. The molecule has 0 saturated heterocycles. The quantitative estimate of drug-likeness (QED) is 0.437. The molecule has 3 rings (SSSR count). The van der Waals surface area contributed by atoms with Crippen LogP contribution in [0, 0.1) is 6.92 Å². The summed E-state index contributed by atoms with van der Waals surface area (Å²) < 4.78 is 3.35. The summed E-state index contributed by atoms with van der Waals surface area (Å²) in [6.45, 7) is 4.82. The zero-order valence-corrected chi connectivity index (χ0v) is 17.6. The highest BCUT2D eigenvalue weighted by Gasteiger charge is 2.17. The molecule has 0 fully saturated rings. The van der Waals surface area contributed by atoms with Crippen LogP contribution in [0.15, 0.2) is 39.0 Å². The number of aromatic nitrogens is 4. The Labute approximate surface area is 169 Å². The van der Waals surface area contributed by atoms with E-state index >= 15 is 0 Å². The van der Waals surface area contributed by atoms with E-state index in [4.69, 9.17) is 0 Å². The molecule has 150 valence electrons. The first-order valence-electron chi connectivity index (χ1n) is 9.89. The van der Waals surface area contributed by atoms with Gasteiger partial charge in [-0.25, -0.2) is 9.78 Å². The van der Waals surface area contributed by atoms with Gasteiger partial charge in [0.2, 0.25) is 0 Å². The van der Waals surface area contributed by atoms with Gasteiger partial charge >= 0.3 is 5.69 Å². The van der Waals surface area contributed by atoms with Crippen LogP contribution >= 0.6 is 11.8 Å². The number of unbranched alkanes of at least 4 members (excludes halogenated alkanes) is 4. The molecule has 28 heavy (non-hydrogen) atoms. The Morgan fingerprint density at radius 1 is 1.07 bits per heavy atom.